The van der Waals surface area contributed by atoms with Gasteiger partial charge in [-0.15, -0.1) is 0 Å². The van der Waals surface area contributed by atoms with E-state index in [1.807, 2.05) is 35.2 Å². The van der Waals surface area contributed by atoms with E-state index in [-0.39, 0.29) is 6.17 Å². The Morgan fingerprint density at radius 3 is 2.70 bits per heavy atom. The number of aromatic nitrogens is 3. The summed E-state index contributed by atoms with van der Waals surface area (Å²) in [5.41, 5.74) is 9.67. The van der Waals surface area contributed by atoms with Gasteiger partial charge in [0, 0.05) is 24.9 Å². The molecule has 0 saturated carbocycles. The molecule has 1 aliphatic rings. The van der Waals surface area contributed by atoms with E-state index in [9.17, 15) is 0 Å². The van der Waals surface area contributed by atoms with Crippen LogP contribution in [0.1, 0.15) is 17.3 Å². The molecule has 3 heterocycles. The first-order valence-electron chi connectivity index (χ1n) is 7.42. The van der Waals surface area contributed by atoms with Crippen molar-refractivity contribution in [1.29, 1.82) is 0 Å². The minimum atomic E-state index is -0.305. The first kappa shape index (κ1) is 13.7. The van der Waals surface area contributed by atoms with Gasteiger partial charge in [-0.05, 0) is 23.3 Å². The van der Waals surface area contributed by atoms with Crippen LogP contribution in [-0.2, 0) is 6.42 Å². The fourth-order valence-electron chi connectivity index (χ4n) is 2.87. The second-order valence-electron chi connectivity index (χ2n) is 5.37. The molecule has 0 amide bonds. The number of aromatic amines is 1. The lowest BCUT2D eigenvalue weighted by Gasteiger charge is -2.36. The van der Waals surface area contributed by atoms with Crippen LogP contribution in [0.25, 0.3) is 0 Å². The molecule has 1 atom stereocenters. The van der Waals surface area contributed by atoms with Gasteiger partial charge >= 0.3 is 0 Å². The monoisotopic (exact) mass is 304 g/mol. The van der Waals surface area contributed by atoms with E-state index >= 15 is 0 Å². The van der Waals surface area contributed by atoms with Crippen LogP contribution in [-0.4, -0.2) is 21.0 Å². The number of aliphatic imine (C=N–C) groups is 1. The van der Waals surface area contributed by atoms with E-state index in [2.05, 4.69) is 27.3 Å². The zero-order valence-electron chi connectivity index (χ0n) is 12.4. The molecule has 1 aromatic carbocycles. The maximum Gasteiger partial charge on any atom is 0.131 e. The number of hydrogen-bond acceptors (Lipinski definition) is 4. The van der Waals surface area contributed by atoms with Crippen molar-refractivity contribution in [2.75, 3.05) is 4.90 Å². The highest BCUT2D eigenvalue weighted by Gasteiger charge is 2.30. The third kappa shape index (κ3) is 2.49. The molecule has 0 saturated heterocycles. The van der Waals surface area contributed by atoms with Crippen LogP contribution in [0.5, 0.6) is 0 Å². The minimum absolute atomic E-state index is 0.305. The number of rotatable bonds is 2. The highest BCUT2D eigenvalue weighted by Crippen LogP contribution is 2.31. The standard InChI is InChI=1S/C17H16N6/c18-17-14-4-2-1-3-12(14)11-16(21-13-5-8-19-9-6-13)23(17)15-7-10-20-22-15/h1-10,17H,11,18H2,(H,20,22). The lowest BCUT2D eigenvalue weighted by Crippen LogP contribution is -2.44. The van der Waals surface area contributed by atoms with Crippen LogP contribution < -0.4 is 10.6 Å². The number of nitrogens with zero attached hydrogens (tertiary/aromatic N) is 4. The van der Waals surface area contributed by atoms with Gasteiger partial charge in [-0.1, -0.05) is 24.3 Å². The molecule has 6 nitrogen and oxygen atoms in total. The highest BCUT2D eigenvalue weighted by atomic mass is 15.3. The van der Waals surface area contributed by atoms with Crippen molar-refractivity contribution >= 4 is 17.3 Å². The van der Waals surface area contributed by atoms with Crippen LogP contribution in [0.2, 0.25) is 0 Å². The van der Waals surface area contributed by atoms with Gasteiger partial charge in [-0.2, -0.15) is 5.10 Å². The van der Waals surface area contributed by atoms with Crippen molar-refractivity contribution < 1.29 is 0 Å². The summed E-state index contributed by atoms with van der Waals surface area (Å²) < 4.78 is 0. The molecule has 2 aromatic heterocycles. The molecule has 4 rings (SSSR count). The third-order valence-electron chi connectivity index (χ3n) is 3.95. The Morgan fingerprint density at radius 1 is 1.09 bits per heavy atom. The first-order valence-corrected chi connectivity index (χ1v) is 7.42. The van der Waals surface area contributed by atoms with Gasteiger partial charge in [-0.3, -0.25) is 15.0 Å². The smallest absolute Gasteiger partial charge is 0.131 e. The van der Waals surface area contributed by atoms with E-state index in [0.717, 1.165) is 22.9 Å². The molecular weight excluding hydrogens is 288 g/mol. The van der Waals surface area contributed by atoms with Crippen LogP contribution >= 0.6 is 0 Å². The number of pyridine rings is 1. The summed E-state index contributed by atoms with van der Waals surface area (Å²) in [4.78, 5) is 10.8. The Hall–Kier alpha value is -2.99. The van der Waals surface area contributed by atoms with Crippen molar-refractivity contribution in [1.82, 2.24) is 15.2 Å². The molecule has 1 unspecified atom stereocenters. The number of fused-ring (bicyclic) bond motifs is 1. The van der Waals surface area contributed by atoms with Gasteiger partial charge in [0.15, 0.2) is 0 Å². The molecule has 1 aliphatic heterocycles. The number of H-pyrrole nitrogens is 1. The van der Waals surface area contributed by atoms with E-state index in [4.69, 9.17) is 10.7 Å². The SMILES string of the molecule is NC1c2ccccc2CC(=Nc2ccncc2)N1c1ccn[nH]1. The largest absolute Gasteiger partial charge is 0.307 e. The minimum Gasteiger partial charge on any atom is -0.307 e. The molecule has 3 aromatic rings. The highest BCUT2D eigenvalue weighted by molar-refractivity contribution is 6.02. The summed E-state index contributed by atoms with van der Waals surface area (Å²) in [6.07, 6.45) is 5.59. The molecule has 0 spiro atoms. The maximum absolute atomic E-state index is 6.51. The molecule has 0 aliphatic carbocycles. The topological polar surface area (TPSA) is 83.2 Å². The number of benzene rings is 1. The Bertz CT molecular complexity index is 825. The zero-order chi connectivity index (χ0) is 15.6. The van der Waals surface area contributed by atoms with E-state index < -0.39 is 0 Å². The average Bonchev–Trinajstić information content (AvgIpc) is 3.10. The van der Waals surface area contributed by atoms with Gasteiger partial charge in [-0.25, -0.2) is 4.99 Å². The molecule has 0 bridgehead atoms. The maximum atomic E-state index is 6.51. The quantitative estimate of drug-likeness (QED) is 0.762. The summed E-state index contributed by atoms with van der Waals surface area (Å²) >= 11 is 0. The fraction of sp³-hybridized carbons (Fsp3) is 0.118. The second-order valence-corrected chi connectivity index (χ2v) is 5.37. The first-order chi connectivity index (χ1) is 11.3. The van der Waals surface area contributed by atoms with E-state index in [1.165, 1.54) is 5.56 Å². The van der Waals surface area contributed by atoms with Crippen LogP contribution in [0, 0.1) is 0 Å². The Kier molecular flexibility index (Phi) is 3.36. The number of amidine groups is 1. The average molecular weight is 304 g/mol. The Balaban J connectivity index is 1.84. The molecule has 6 heteroatoms. The van der Waals surface area contributed by atoms with Crippen molar-refractivity contribution in [2.45, 2.75) is 12.6 Å². The molecule has 3 N–H and O–H groups in total. The molecule has 23 heavy (non-hydrogen) atoms. The molecular formula is C17H16N6. The summed E-state index contributed by atoms with van der Waals surface area (Å²) in [6.45, 7) is 0. The zero-order valence-corrected chi connectivity index (χ0v) is 12.4. The van der Waals surface area contributed by atoms with Gasteiger partial charge in [0.25, 0.3) is 0 Å². The lowest BCUT2D eigenvalue weighted by molar-refractivity contribution is 0.708. The number of anilines is 1. The third-order valence-corrected chi connectivity index (χ3v) is 3.95. The van der Waals surface area contributed by atoms with Crippen molar-refractivity contribution in [3.05, 3.63) is 72.2 Å². The summed E-state index contributed by atoms with van der Waals surface area (Å²) in [6, 6.07) is 13.9. The van der Waals surface area contributed by atoms with Crippen LogP contribution in [0.4, 0.5) is 11.5 Å². The molecule has 0 radical (unpaired) electrons. The fourth-order valence-corrected chi connectivity index (χ4v) is 2.87. The predicted octanol–water partition coefficient (Wildman–Crippen LogP) is 2.55. The Morgan fingerprint density at radius 2 is 1.91 bits per heavy atom. The molecule has 0 fully saturated rings. The van der Waals surface area contributed by atoms with Gasteiger partial charge in [0.1, 0.15) is 17.8 Å². The van der Waals surface area contributed by atoms with Crippen molar-refractivity contribution in [3.8, 4) is 0 Å². The number of hydrogen-bond donors (Lipinski definition) is 2. The summed E-state index contributed by atoms with van der Waals surface area (Å²) in [7, 11) is 0. The van der Waals surface area contributed by atoms with Gasteiger partial charge in [0.05, 0.1) is 11.9 Å². The predicted molar refractivity (Wildman–Crippen MR) is 89.5 cm³/mol. The second kappa shape index (κ2) is 5.66. The lowest BCUT2D eigenvalue weighted by atomic mass is 9.96. The van der Waals surface area contributed by atoms with Crippen molar-refractivity contribution in [2.24, 2.45) is 10.7 Å². The number of nitrogens with two attached hydrogens (primary N) is 1. The van der Waals surface area contributed by atoms with E-state index in [1.54, 1.807) is 18.6 Å². The molecule has 114 valence electrons. The summed E-state index contributed by atoms with van der Waals surface area (Å²) in [5, 5.41) is 7.03. The van der Waals surface area contributed by atoms with Crippen molar-refractivity contribution in [3.63, 3.8) is 0 Å². The Labute approximate surface area is 133 Å². The van der Waals surface area contributed by atoms with Crippen LogP contribution in [0.3, 0.4) is 0 Å². The van der Waals surface area contributed by atoms with Crippen LogP contribution in [0.15, 0.2) is 66.0 Å². The summed E-state index contributed by atoms with van der Waals surface area (Å²) in [5.74, 6) is 1.71. The van der Waals surface area contributed by atoms with E-state index in [0.29, 0.717) is 6.42 Å². The van der Waals surface area contributed by atoms with Gasteiger partial charge < -0.3 is 5.73 Å². The van der Waals surface area contributed by atoms with Gasteiger partial charge in [0.2, 0.25) is 0 Å². The normalized spacial score (nSPS) is 18.9. The number of nitrogens with one attached hydrogen (secondary N) is 1.